The monoisotopic (exact) mass is 314 g/mol. The van der Waals surface area contributed by atoms with Crippen LogP contribution in [0, 0.1) is 0 Å². The van der Waals surface area contributed by atoms with Crippen molar-refractivity contribution in [3.05, 3.63) is 42.0 Å². The molecule has 0 unspecified atom stereocenters. The van der Waals surface area contributed by atoms with Crippen molar-refractivity contribution in [3.8, 4) is 5.75 Å². The first-order chi connectivity index (χ1) is 9.84. The van der Waals surface area contributed by atoms with Crippen LogP contribution in [0.3, 0.4) is 0 Å². The lowest BCUT2D eigenvalue weighted by molar-refractivity contribution is -0.0405. The molecule has 0 heterocycles. The summed E-state index contributed by atoms with van der Waals surface area (Å²) in [5.41, 5.74) is 0.163. The number of carbonyl (C=O) groups is 1. The number of Topliss-reactive ketones (excluding diaryl/α,β-unsaturated/α-hetero) is 1. The minimum atomic E-state index is -3.85. The van der Waals surface area contributed by atoms with Gasteiger partial charge in [-0.2, -0.15) is 8.78 Å². The first-order valence-corrected chi connectivity index (χ1v) is 6.56. The molecule has 0 aliphatic heterocycles. The molecular formula is C15H13ClF2O3. The summed E-state index contributed by atoms with van der Waals surface area (Å²) in [6.45, 7) is 0. The van der Waals surface area contributed by atoms with E-state index in [9.17, 15) is 18.7 Å². The van der Waals surface area contributed by atoms with Crippen molar-refractivity contribution in [3.63, 3.8) is 0 Å². The molecule has 0 radical (unpaired) electrons. The summed E-state index contributed by atoms with van der Waals surface area (Å²) in [4.78, 5) is 12.3. The predicted octanol–water partition coefficient (Wildman–Crippen LogP) is 3.61. The van der Waals surface area contributed by atoms with Crippen LogP contribution in [-0.2, 0) is 0 Å². The second-order valence-corrected chi connectivity index (χ2v) is 5.05. The molecule has 0 bridgehead atoms. The van der Waals surface area contributed by atoms with Gasteiger partial charge in [0.25, 0.3) is 0 Å². The molecule has 0 aliphatic carbocycles. The van der Waals surface area contributed by atoms with Crippen LogP contribution in [0.4, 0.5) is 8.78 Å². The lowest BCUT2D eigenvalue weighted by atomic mass is 9.97. The van der Waals surface area contributed by atoms with Crippen molar-refractivity contribution in [2.75, 3.05) is 7.11 Å². The molecule has 0 saturated heterocycles. The van der Waals surface area contributed by atoms with Gasteiger partial charge in [-0.3, -0.25) is 4.79 Å². The number of fused-ring (bicyclic) bond motifs is 1. The van der Waals surface area contributed by atoms with E-state index in [1.54, 1.807) is 36.4 Å². The van der Waals surface area contributed by atoms with Crippen LogP contribution in [0.1, 0.15) is 16.8 Å². The van der Waals surface area contributed by atoms with E-state index in [1.807, 2.05) is 0 Å². The third-order valence-corrected chi connectivity index (χ3v) is 3.40. The Morgan fingerprint density at radius 2 is 2.00 bits per heavy atom. The number of aliphatic hydroxyl groups excluding tert-OH is 1. The molecule has 1 N–H and O–H groups in total. The molecule has 0 saturated carbocycles. The van der Waals surface area contributed by atoms with Crippen LogP contribution in [-0.4, -0.2) is 29.5 Å². The number of ketones is 1. The number of benzene rings is 2. The van der Waals surface area contributed by atoms with Gasteiger partial charge in [-0.05, 0) is 28.4 Å². The van der Waals surface area contributed by atoms with E-state index in [4.69, 9.17) is 16.3 Å². The summed E-state index contributed by atoms with van der Waals surface area (Å²) >= 11 is 4.74. The Morgan fingerprint density at radius 1 is 1.33 bits per heavy atom. The highest BCUT2D eigenvalue weighted by Gasteiger charge is 2.37. The van der Waals surface area contributed by atoms with Gasteiger partial charge in [0.15, 0.2) is 5.78 Å². The molecule has 0 aliphatic rings. The Bertz CT molecular complexity index is 668. The van der Waals surface area contributed by atoms with Crippen molar-refractivity contribution < 1.29 is 23.4 Å². The van der Waals surface area contributed by atoms with Gasteiger partial charge in [0.05, 0.1) is 12.7 Å². The number of rotatable bonds is 5. The molecule has 1 atom stereocenters. The molecule has 0 spiro atoms. The summed E-state index contributed by atoms with van der Waals surface area (Å²) < 4.78 is 30.8. The number of hydrogen-bond acceptors (Lipinski definition) is 3. The lowest BCUT2D eigenvalue weighted by Gasteiger charge is -2.17. The first-order valence-electron chi connectivity index (χ1n) is 6.18. The summed E-state index contributed by atoms with van der Waals surface area (Å²) in [6, 6.07) is 10.3. The van der Waals surface area contributed by atoms with Crippen molar-refractivity contribution >= 4 is 28.2 Å². The fourth-order valence-corrected chi connectivity index (χ4v) is 2.18. The summed E-state index contributed by atoms with van der Waals surface area (Å²) in [5.74, 6) is -0.389. The van der Waals surface area contributed by atoms with Gasteiger partial charge in [-0.25, -0.2) is 0 Å². The molecule has 112 valence electrons. The van der Waals surface area contributed by atoms with E-state index in [1.165, 1.54) is 7.11 Å². The number of ether oxygens (including phenoxy) is 1. The minimum Gasteiger partial charge on any atom is -0.496 e. The number of hydrogen-bond donors (Lipinski definition) is 1. The van der Waals surface area contributed by atoms with Crippen LogP contribution in [0.2, 0.25) is 0 Å². The molecule has 2 rings (SSSR count). The zero-order chi connectivity index (χ0) is 15.6. The second kappa shape index (κ2) is 5.95. The molecule has 0 fully saturated rings. The molecule has 6 heteroatoms. The molecule has 2 aromatic rings. The van der Waals surface area contributed by atoms with Crippen LogP contribution >= 0.6 is 11.6 Å². The van der Waals surface area contributed by atoms with E-state index < -0.39 is 23.7 Å². The number of alkyl halides is 3. The van der Waals surface area contributed by atoms with E-state index in [0.29, 0.717) is 5.39 Å². The Balaban J connectivity index is 2.46. The van der Waals surface area contributed by atoms with E-state index >= 15 is 0 Å². The van der Waals surface area contributed by atoms with Gasteiger partial charge in [0, 0.05) is 6.42 Å². The van der Waals surface area contributed by atoms with Gasteiger partial charge in [0.2, 0.25) is 0 Å². The molecule has 21 heavy (non-hydrogen) atoms. The zero-order valence-electron chi connectivity index (χ0n) is 11.1. The van der Waals surface area contributed by atoms with E-state index in [-0.39, 0.29) is 11.3 Å². The quantitative estimate of drug-likeness (QED) is 0.677. The largest absolute Gasteiger partial charge is 0.496 e. The molecule has 3 nitrogen and oxygen atoms in total. The van der Waals surface area contributed by atoms with Crippen molar-refractivity contribution in [2.24, 2.45) is 0 Å². The summed E-state index contributed by atoms with van der Waals surface area (Å²) in [7, 11) is 1.38. The van der Waals surface area contributed by atoms with E-state index in [0.717, 1.165) is 5.39 Å². The van der Waals surface area contributed by atoms with Crippen molar-refractivity contribution in [1.82, 2.24) is 0 Å². The van der Waals surface area contributed by atoms with Crippen molar-refractivity contribution in [2.45, 2.75) is 17.9 Å². The Hall–Kier alpha value is -1.72. The number of halogens is 3. The number of aliphatic hydroxyl groups is 1. The average molecular weight is 315 g/mol. The van der Waals surface area contributed by atoms with Gasteiger partial charge >= 0.3 is 5.38 Å². The fourth-order valence-electron chi connectivity index (χ4n) is 2.10. The third-order valence-electron chi connectivity index (χ3n) is 3.15. The standard InChI is InChI=1S/C15H13ClF2O3/c1-21-12-7-6-9-4-2-3-5-10(9)14(12)11(19)8-13(20)15(16,17)18/h2-7,13,20H,8H2,1H3/t13-/m0/s1. The summed E-state index contributed by atoms with van der Waals surface area (Å²) in [5, 5.41) is 6.80. The summed E-state index contributed by atoms with van der Waals surface area (Å²) in [6.07, 6.45) is -3.05. The Labute approximate surface area is 125 Å². The highest BCUT2D eigenvalue weighted by Crippen LogP contribution is 2.32. The van der Waals surface area contributed by atoms with Gasteiger partial charge in [0.1, 0.15) is 11.9 Å². The second-order valence-electron chi connectivity index (χ2n) is 4.55. The van der Waals surface area contributed by atoms with Crippen LogP contribution in [0.15, 0.2) is 36.4 Å². The Morgan fingerprint density at radius 3 is 2.62 bits per heavy atom. The van der Waals surface area contributed by atoms with E-state index in [2.05, 4.69) is 0 Å². The third kappa shape index (κ3) is 3.31. The molecular weight excluding hydrogens is 302 g/mol. The molecule has 0 amide bonds. The van der Waals surface area contributed by atoms with Crippen LogP contribution < -0.4 is 4.74 Å². The average Bonchev–Trinajstić information content (AvgIpc) is 2.44. The zero-order valence-corrected chi connectivity index (χ0v) is 11.9. The maximum Gasteiger partial charge on any atom is 0.347 e. The maximum atomic E-state index is 12.8. The molecule has 0 aromatic heterocycles. The number of methoxy groups -OCH3 is 1. The van der Waals surface area contributed by atoms with Gasteiger partial charge in [-0.1, -0.05) is 30.3 Å². The smallest absolute Gasteiger partial charge is 0.347 e. The minimum absolute atomic E-state index is 0.163. The van der Waals surface area contributed by atoms with Crippen molar-refractivity contribution in [1.29, 1.82) is 0 Å². The topological polar surface area (TPSA) is 46.5 Å². The van der Waals surface area contributed by atoms with Crippen LogP contribution in [0.25, 0.3) is 10.8 Å². The van der Waals surface area contributed by atoms with Crippen LogP contribution in [0.5, 0.6) is 5.75 Å². The number of carbonyl (C=O) groups excluding carboxylic acids is 1. The predicted molar refractivity (Wildman–Crippen MR) is 76.3 cm³/mol. The van der Waals surface area contributed by atoms with Gasteiger partial charge in [-0.15, -0.1) is 0 Å². The first kappa shape index (κ1) is 15.7. The Kier molecular flexibility index (Phi) is 4.44. The molecule has 2 aromatic carbocycles. The maximum absolute atomic E-state index is 12.8. The lowest BCUT2D eigenvalue weighted by Crippen LogP contribution is -2.30. The normalized spacial score (nSPS) is 13.2. The SMILES string of the molecule is COc1ccc2ccccc2c1C(=O)C[C@H](O)C(F)(F)Cl. The highest BCUT2D eigenvalue weighted by molar-refractivity contribution is 6.22. The fraction of sp³-hybridized carbons (Fsp3) is 0.267. The van der Waals surface area contributed by atoms with Gasteiger partial charge < -0.3 is 9.84 Å². The highest BCUT2D eigenvalue weighted by atomic mass is 35.5.